The summed E-state index contributed by atoms with van der Waals surface area (Å²) in [7, 11) is 0. The van der Waals surface area contributed by atoms with Crippen LogP contribution in [0, 0.1) is 12.3 Å². The predicted molar refractivity (Wildman–Crippen MR) is 75.3 cm³/mol. The summed E-state index contributed by atoms with van der Waals surface area (Å²) in [6, 6.07) is 6.82. The molecule has 1 fully saturated rings. The first-order valence-electron chi connectivity index (χ1n) is 6.62. The van der Waals surface area contributed by atoms with Crippen molar-refractivity contribution >= 4 is 11.4 Å². The lowest BCUT2D eigenvalue weighted by molar-refractivity contribution is 0.217. The van der Waals surface area contributed by atoms with Crippen molar-refractivity contribution in [2.45, 2.75) is 52.5 Å². The predicted octanol–water partition coefficient (Wildman–Crippen LogP) is 3.96. The SMILES string of the molecule is Cc1cc(NC2CCCCC2(C)C)ccc1N. The maximum Gasteiger partial charge on any atom is 0.0346 e. The van der Waals surface area contributed by atoms with Gasteiger partial charge in [-0.2, -0.15) is 0 Å². The van der Waals surface area contributed by atoms with Crippen molar-refractivity contribution in [3.05, 3.63) is 23.8 Å². The Balaban J connectivity index is 2.11. The van der Waals surface area contributed by atoms with Crippen molar-refractivity contribution in [1.82, 2.24) is 0 Å². The zero-order valence-electron chi connectivity index (χ0n) is 11.2. The molecule has 0 amide bonds. The van der Waals surface area contributed by atoms with Crippen molar-refractivity contribution in [3.8, 4) is 0 Å². The van der Waals surface area contributed by atoms with Crippen LogP contribution < -0.4 is 11.1 Å². The standard InChI is InChI=1S/C15H24N2/c1-11-10-12(7-8-13(11)16)17-14-6-4-5-9-15(14,2)3/h7-8,10,14,17H,4-6,9,16H2,1-3H3. The van der Waals surface area contributed by atoms with Crippen LogP contribution in [0.25, 0.3) is 0 Å². The molecule has 2 rings (SSSR count). The summed E-state index contributed by atoms with van der Waals surface area (Å²) in [6.07, 6.45) is 5.30. The number of aryl methyl sites for hydroxylation is 1. The van der Waals surface area contributed by atoms with Gasteiger partial charge in [-0.3, -0.25) is 0 Å². The second-order valence-electron chi connectivity index (χ2n) is 6.00. The van der Waals surface area contributed by atoms with E-state index in [2.05, 4.69) is 38.2 Å². The van der Waals surface area contributed by atoms with Gasteiger partial charge in [0.2, 0.25) is 0 Å². The zero-order valence-corrected chi connectivity index (χ0v) is 11.2. The van der Waals surface area contributed by atoms with Crippen LogP contribution in [0.2, 0.25) is 0 Å². The molecule has 1 unspecified atom stereocenters. The van der Waals surface area contributed by atoms with Gasteiger partial charge in [0.05, 0.1) is 0 Å². The van der Waals surface area contributed by atoms with Gasteiger partial charge in [0.15, 0.2) is 0 Å². The molecule has 1 aromatic carbocycles. The van der Waals surface area contributed by atoms with E-state index >= 15 is 0 Å². The summed E-state index contributed by atoms with van der Waals surface area (Å²) in [5.74, 6) is 0. The topological polar surface area (TPSA) is 38.0 Å². The third kappa shape index (κ3) is 2.74. The number of benzene rings is 1. The molecular formula is C15H24N2. The van der Waals surface area contributed by atoms with E-state index in [0.29, 0.717) is 11.5 Å². The van der Waals surface area contributed by atoms with Gasteiger partial charge in [0.25, 0.3) is 0 Å². The van der Waals surface area contributed by atoms with Crippen molar-refractivity contribution in [2.24, 2.45) is 5.41 Å². The van der Waals surface area contributed by atoms with Gasteiger partial charge >= 0.3 is 0 Å². The molecule has 0 aliphatic heterocycles. The van der Waals surface area contributed by atoms with E-state index in [1.807, 2.05) is 6.07 Å². The van der Waals surface area contributed by atoms with E-state index in [-0.39, 0.29) is 0 Å². The summed E-state index contributed by atoms with van der Waals surface area (Å²) in [4.78, 5) is 0. The van der Waals surface area contributed by atoms with Gasteiger partial charge in [0.1, 0.15) is 0 Å². The van der Waals surface area contributed by atoms with Gasteiger partial charge in [-0.05, 0) is 48.9 Å². The minimum Gasteiger partial charge on any atom is -0.399 e. The molecule has 2 nitrogen and oxygen atoms in total. The maximum absolute atomic E-state index is 5.85. The first-order chi connectivity index (χ1) is 7.99. The van der Waals surface area contributed by atoms with E-state index in [0.717, 1.165) is 11.3 Å². The lowest BCUT2D eigenvalue weighted by Gasteiger charge is -2.39. The van der Waals surface area contributed by atoms with Crippen molar-refractivity contribution in [2.75, 3.05) is 11.1 Å². The third-order valence-corrected chi connectivity index (χ3v) is 4.12. The van der Waals surface area contributed by atoms with Crippen LogP contribution in [0.15, 0.2) is 18.2 Å². The number of nitrogens with two attached hydrogens (primary N) is 1. The average Bonchev–Trinajstić information content (AvgIpc) is 2.26. The van der Waals surface area contributed by atoms with Crippen LogP contribution in [0.3, 0.4) is 0 Å². The van der Waals surface area contributed by atoms with E-state index in [4.69, 9.17) is 5.73 Å². The summed E-state index contributed by atoms with van der Waals surface area (Å²) in [5, 5.41) is 3.68. The minimum absolute atomic E-state index is 0.396. The molecule has 17 heavy (non-hydrogen) atoms. The Kier molecular flexibility index (Phi) is 3.32. The second-order valence-corrected chi connectivity index (χ2v) is 6.00. The van der Waals surface area contributed by atoms with Crippen LogP contribution in [-0.4, -0.2) is 6.04 Å². The molecule has 0 aromatic heterocycles. The fourth-order valence-electron chi connectivity index (χ4n) is 2.73. The Hall–Kier alpha value is -1.18. The maximum atomic E-state index is 5.85. The van der Waals surface area contributed by atoms with E-state index < -0.39 is 0 Å². The number of anilines is 2. The summed E-state index contributed by atoms with van der Waals surface area (Å²) >= 11 is 0. The van der Waals surface area contributed by atoms with Crippen molar-refractivity contribution in [1.29, 1.82) is 0 Å². The van der Waals surface area contributed by atoms with Crippen molar-refractivity contribution < 1.29 is 0 Å². The number of nitrogen functional groups attached to an aromatic ring is 1. The lowest BCUT2D eigenvalue weighted by atomic mass is 9.73. The molecule has 0 saturated heterocycles. The normalized spacial score (nSPS) is 23.4. The van der Waals surface area contributed by atoms with Crippen LogP contribution in [0.4, 0.5) is 11.4 Å². The highest BCUT2D eigenvalue weighted by molar-refractivity contribution is 5.57. The van der Waals surface area contributed by atoms with E-state index in [9.17, 15) is 0 Å². The number of hydrogen-bond acceptors (Lipinski definition) is 2. The monoisotopic (exact) mass is 232 g/mol. The Bertz CT molecular complexity index is 396. The highest BCUT2D eigenvalue weighted by atomic mass is 14.9. The van der Waals surface area contributed by atoms with Crippen LogP contribution in [0.5, 0.6) is 0 Å². The van der Waals surface area contributed by atoms with Gasteiger partial charge < -0.3 is 11.1 Å². The van der Waals surface area contributed by atoms with Gasteiger partial charge in [-0.15, -0.1) is 0 Å². The molecule has 0 heterocycles. The third-order valence-electron chi connectivity index (χ3n) is 4.12. The van der Waals surface area contributed by atoms with Gasteiger partial charge in [-0.25, -0.2) is 0 Å². The van der Waals surface area contributed by atoms with Crippen molar-refractivity contribution in [3.63, 3.8) is 0 Å². The number of hydrogen-bond donors (Lipinski definition) is 2. The zero-order chi connectivity index (χ0) is 12.5. The molecule has 3 N–H and O–H groups in total. The van der Waals surface area contributed by atoms with E-state index in [1.165, 1.54) is 31.4 Å². The van der Waals surface area contributed by atoms with Gasteiger partial charge in [0, 0.05) is 17.4 Å². The first-order valence-corrected chi connectivity index (χ1v) is 6.62. The quantitative estimate of drug-likeness (QED) is 0.757. The average molecular weight is 232 g/mol. The molecule has 0 bridgehead atoms. The summed E-state index contributed by atoms with van der Waals surface area (Å²) in [6.45, 7) is 6.80. The molecule has 1 aliphatic rings. The highest BCUT2D eigenvalue weighted by Crippen LogP contribution is 2.37. The van der Waals surface area contributed by atoms with E-state index in [1.54, 1.807) is 0 Å². The molecule has 2 heteroatoms. The van der Waals surface area contributed by atoms with Crippen LogP contribution in [-0.2, 0) is 0 Å². The lowest BCUT2D eigenvalue weighted by Crippen LogP contribution is -2.38. The van der Waals surface area contributed by atoms with Crippen LogP contribution in [0.1, 0.15) is 45.1 Å². The molecule has 1 aromatic rings. The first kappa shape index (κ1) is 12.3. The fourth-order valence-corrected chi connectivity index (χ4v) is 2.73. The molecular weight excluding hydrogens is 208 g/mol. The highest BCUT2D eigenvalue weighted by Gasteiger charge is 2.31. The molecule has 0 radical (unpaired) electrons. The molecule has 1 saturated carbocycles. The molecule has 0 spiro atoms. The Labute approximate surface area is 105 Å². The van der Waals surface area contributed by atoms with Crippen LogP contribution >= 0.6 is 0 Å². The smallest absolute Gasteiger partial charge is 0.0346 e. The molecule has 94 valence electrons. The Morgan fingerprint density at radius 3 is 2.71 bits per heavy atom. The minimum atomic E-state index is 0.396. The Morgan fingerprint density at radius 2 is 2.06 bits per heavy atom. The second kappa shape index (κ2) is 4.59. The van der Waals surface area contributed by atoms with Gasteiger partial charge in [-0.1, -0.05) is 26.7 Å². The Morgan fingerprint density at radius 1 is 1.29 bits per heavy atom. The summed E-state index contributed by atoms with van der Waals surface area (Å²) in [5.41, 5.74) is 9.48. The largest absolute Gasteiger partial charge is 0.399 e. The molecule has 1 aliphatic carbocycles. The fraction of sp³-hybridized carbons (Fsp3) is 0.600. The molecule has 1 atom stereocenters. The summed E-state index contributed by atoms with van der Waals surface area (Å²) < 4.78 is 0. The number of rotatable bonds is 2. The number of nitrogens with one attached hydrogen (secondary N) is 1.